The summed E-state index contributed by atoms with van der Waals surface area (Å²) < 4.78 is 4.93. The summed E-state index contributed by atoms with van der Waals surface area (Å²) in [6, 6.07) is 13.7. The van der Waals surface area contributed by atoms with Gasteiger partial charge in [-0.3, -0.25) is 4.98 Å². The number of pyridine rings is 1. The molecule has 1 aromatic heterocycles. The molecule has 2 rings (SSSR count). The van der Waals surface area contributed by atoms with Crippen LogP contribution in [0.1, 0.15) is 19.4 Å². The minimum absolute atomic E-state index is 0.709. The Morgan fingerprint density at radius 1 is 1.06 bits per heavy atom. The number of rotatable bonds is 2. The topological polar surface area (TPSA) is 48.1 Å². The third-order valence-corrected chi connectivity index (χ3v) is 1.84. The van der Waals surface area contributed by atoms with Crippen LogP contribution in [0.5, 0.6) is 0 Å². The van der Waals surface area contributed by atoms with Crippen molar-refractivity contribution in [3.63, 3.8) is 0 Å². The quantitative estimate of drug-likeness (QED) is 0.882. The van der Waals surface area contributed by atoms with Gasteiger partial charge in [0, 0.05) is 19.5 Å². The van der Waals surface area contributed by atoms with E-state index in [0.717, 1.165) is 0 Å². The highest BCUT2D eigenvalue weighted by atomic mass is 16.5. The highest BCUT2D eigenvalue weighted by Gasteiger charge is 1.84. The molecule has 2 N–H and O–H groups in total. The van der Waals surface area contributed by atoms with Gasteiger partial charge in [0.05, 0.1) is 12.3 Å². The summed E-state index contributed by atoms with van der Waals surface area (Å²) in [4.78, 5) is 3.76. The van der Waals surface area contributed by atoms with Gasteiger partial charge in [0.2, 0.25) is 0 Å². The number of ether oxygens (including phenoxy) is 1. The van der Waals surface area contributed by atoms with E-state index in [1.54, 1.807) is 31.6 Å². The van der Waals surface area contributed by atoms with Crippen molar-refractivity contribution in [1.29, 1.82) is 0 Å². The van der Waals surface area contributed by atoms with Crippen LogP contribution in [0, 0.1) is 0 Å². The third-order valence-electron chi connectivity index (χ3n) is 1.84. The number of methoxy groups -OCH3 is 1. The van der Waals surface area contributed by atoms with Crippen LogP contribution < -0.4 is 5.73 Å². The first-order valence-corrected chi connectivity index (χ1v) is 6.01. The molecule has 0 spiro atoms. The Balaban J connectivity index is 0.000000289. The molecule has 3 nitrogen and oxygen atoms in total. The predicted octanol–water partition coefficient (Wildman–Crippen LogP) is 3.52. The lowest BCUT2D eigenvalue weighted by molar-refractivity contribution is 0.185. The van der Waals surface area contributed by atoms with Crippen LogP contribution in [0.15, 0.2) is 54.9 Å². The van der Waals surface area contributed by atoms with E-state index in [-0.39, 0.29) is 0 Å². The average molecular weight is 246 g/mol. The molecule has 0 saturated heterocycles. The number of anilines is 1. The van der Waals surface area contributed by atoms with Gasteiger partial charge in [-0.1, -0.05) is 44.2 Å². The Morgan fingerprint density at radius 2 is 1.72 bits per heavy atom. The van der Waals surface area contributed by atoms with Crippen molar-refractivity contribution in [3.05, 3.63) is 60.4 Å². The van der Waals surface area contributed by atoms with E-state index in [1.165, 1.54) is 5.56 Å². The Labute approximate surface area is 110 Å². The summed E-state index contributed by atoms with van der Waals surface area (Å²) >= 11 is 0. The maximum Gasteiger partial charge on any atom is 0.0713 e. The first kappa shape index (κ1) is 16.1. The normalized spacial score (nSPS) is 8.39. The Hall–Kier alpha value is -1.87. The van der Waals surface area contributed by atoms with Crippen LogP contribution in [0.4, 0.5) is 5.69 Å². The van der Waals surface area contributed by atoms with Crippen molar-refractivity contribution < 1.29 is 4.74 Å². The van der Waals surface area contributed by atoms with Crippen molar-refractivity contribution in [2.45, 2.75) is 20.5 Å². The first-order chi connectivity index (χ1) is 8.83. The maximum atomic E-state index is 5.30. The zero-order valence-electron chi connectivity index (χ0n) is 11.3. The highest BCUT2D eigenvalue weighted by molar-refractivity contribution is 5.32. The van der Waals surface area contributed by atoms with E-state index < -0.39 is 0 Å². The number of aromatic nitrogens is 1. The van der Waals surface area contributed by atoms with Crippen molar-refractivity contribution in [2.75, 3.05) is 12.8 Å². The van der Waals surface area contributed by atoms with Crippen molar-refractivity contribution in [1.82, 2.24) is 4.98 Å². The average Bonchev–Trinajstić information content (AvgIpc) is 2.44. The van der Waals surface area contributed by atoms with Crippen LogP contribution in [0.2, 0.25) is 0 Å². The minimum Gasteiger partial charge on any atom is -0.397 e. The summed E-state index contributed by atoms with van der Waals surface area (Å²) in [5, 5.41) is 0. The molecule has 0 saturated carbocycles. The molecule has 2 aromatic rings. The second kappa shape index (κ2) is 11.6. The van der Waals surface area contributed by atoms with Gasteiger partial charge in [-0.15, -0.1) is 0 Å². The summed E-state index contributed by atoms with van der Waals surface area (Å²) in [6.07, 6.45) is 3.30. The fraction of sp³-hybridized carbons (Fsp3) is 0.267. The molecule has 98 valence electrons. The Bertz CT molecular complexity index is 376. The molecule has 0 aliphatic heterocycles. The van der Waals surface area contributed by atoms with Gasteiger partial charge >= 0.3 is 0 Å². The van der Waals surface area contributed by atoms with E-state index in [9.17, 15) is 0 Å². The van der Waals surface area contributed by atoms with Gasteiger partial charge < -0.3 is 10.5 Å². The molecule has 0 aliphatic rings. The Kier molecular flexibility index (Phi) is 10.4. The fourth-order valence-corrected chi connectivity index (χ4v) is 1.12. The van der Waals surface area contributed by atoms with Gasteiger partial charge in [-0.2, -0.15) is 0 Å². The molecule has 18 heavy (non-hydrogen) atoms. The molecule has 1 aromatic carbocycles. The van der Waals surface area contributed by atoms with Crippen LogP contribution in [0.3, 0.4) is 0 Å². The van der Waals surface area contributed by atoms with Gasteiger partial charge in [0.1, 0.15) is 0 Å². The minimum atomic E-state index is 0.709. The maximum absolute atomic E-state index is 5.30. The highest BCUT2D eigenvalue weighted by Crippen LogP contribution is 1.98. The second-order valence-electron chi connectivity index (χ2n) is 3.20. The van der Waals surface area contributed by atoms with Crippen molar-refractivity contribution in [3.8, 4) is 0 Å². The number of nitrogen functional groups attached to an aromatic ring is 1. The number of hydrogen-bond donors (Lipinski definition) is 1. The lowest BCUT2D eigenvalue weighted by Gasteiger charge is -1.95. The van der Waals surface area contributed by atoms with Crippen LogP contribution in [-0.4, -0.2) is 12.1 Å². The molecule has 0 aliphatic carbocycles. The molecular formula is C15H22N2O. The monoisotopic (exact) mass is 246 g/mol. The molecule has 0 fully saturated rings. The van der Waals surface area contributed by atoms with Crippen LogP contribution >= 0.6 is 0 Å². The number of benzene rings is 1. The zero-order valence-corrected chi connectivity index (χ0v) is 11.3. The summed E-state index contributed by atoms with van der Waals surface area (Å²) in [5.74, 6) is 0. The molecule has 0 radical (unpaired) electrons. The SMILES string of the molecule is CC.COCc1ccccc1.Nc1cccnc1. The van der Waals surface area contributed by atoms with E-state index >= 15 is 0 Å². The summed E-state index contributed by atoms with van der Waals surface area (Å²) in [5.41, 5.74) is 7.23. The van der Waals surface area contributed by atoms with E-state index in [1.807, 2.05) is 44.2 Å². The van der Waals surface area contributed by atoms with Gasteiger partial charge in [-0.25, -0.2) is 0 Å². The number of hydrogen-bond acceptors (Lipinski definition) is 3. The summed E-state index contributed by atoms with van der Waals surface area (Å²) in [7, 11) is 1.70. The number of nitrogens with zero attached hydrogens (tertiary/aromatic N) is 1. The van der Waals surface area contributed by atoms with Crippen molar-refractivity contribution in [2.24, 2.45) is 0 Å². The van der Waals surface area contributed by atoms with E-state index in [2.05, 4.69) is 4.98 Å². The zero-order chi connectivity index (χ0) is 13.6. The molecule has 0 atom stereocenters. The molecule has 0 amide bonds. The van der Waals surface area contributed by atoms with Gasteiger partial charge in [0.25, 0.3) is 0 Å². The standard InChI is InChI=1S/C8H10O.C5H6N2.C2H6/c1-9-7-8-5-3-2-4-6-8;6-5-2-1-3-7-4-5;1-2/h2-6H,7H2,1H3;1-4H,6H2;1-2H3. The molecule has 0 unspecified atom stereocenters. The van der Waals surface area contributed by atoms with E-state index in [0.29, 0.717) is 12.3 Å². The molecule has 0 bridgehead atoms. The first-order valence-electron chi connectivity index (χ1n) is 6.01. The van der Waals surface area contributed by atoms with Crippen LogP contribution in [0.25, 0.3) is 0 Å². The van der Waals surface area contributed by atoms with Gasteiger partial charge in [0.15, 0.2) is 0 Å². The Morgan fingerprint density at radius 3 is 2.11 bits per heavy atom. The van der Waals surface area contributed by atoms with Crippen molar-refractivity contribution >= 4 is 5.69 Å². The number of nitrogens with two attached hydrogens (primary N) is 1. The van der Waals surface area contributed by atoms with Gasteiger partial charge in [-0.05, 0) is 17.7 Å². The smallest absolute Gasteiger partial charge is 0.0713 e. The predicted molar refractivity (Wildman–Crippen MR) is 77.2 cm³/mol. The van der Waals surface area contributed by atoms with Crippen LogP contribution in [-0.2, 0) is 11.3 Å². The molecular weight excluding hydrogens is 224 g/mol. The third kappa shape index (κ3) is 8.30. The molecule has 3 heteroatoms. The van der Waals surface area contributed by atoms with E-state index in [4.69, 9.17) is 10.5 Å². The largest absolute Gasteiger partial charge is 0.397 e. The summed E-state index contributed by atoms with van der Waals surface area (Å²) in [6.45, 7) is 4.71. The lowest BCUT2D eigenvalue weighted by Crippen LogP contribution is -1.84. The molecule has 1 heterocycles. The second-order valence-corrected chi connectivity index (χ2v) is 3.20. The lowest BCUT2D eigenvalue weighted by atomic mass is 10.2. The fourth-order valence-electron chi connectivity index (χ4n) is 1.12.